The lowest BCUT2D eigenvalue weighted by Gasteiger charge is -2.15. The highest BCUT2D eigenvalue weighted by Gasteiger charge is 2.20. The van der Waals surface area contributed by atoms with E-state index in [0.717, 1.165) is 37.1 Å². The summed E-state index contributed by atoms with van der Waals surface area (Å²) in [5.74, 6) is -1.10. The van der Waals surface area contributed by atoms with Crippen LogP contribution in [-0.2, 0) is 18.7 Å². The maximum atomic E-state index is 14.1. The SMILES string of the molecule is Fc1cc(CCl)cc(F)c1-n1cnc2c1CCCC2. The van der Waals surface area contributed by atoms with E-state index in [9.17, 15) is 8.78 Å². The monoisotopic (exact) mass is 282 g/mol. The molecule has 5 heteroatoms. The van der Waals surface area contributed by atoms with Crippen molar-refractivity contribution in [3.8, 4) is 5.69 Å². The van der Waals surface area contributed by atoms with E-state index < -0.39 is 11.6 Å². The highest BCUT2D eigenvalue weighted by molar-refractivity contribution is 6.17. The highest BCUT2D eigenvalue weighted by Crippen LogP contribution is 2.27. The van der Waals surface area contributed by atoms with Crippen LogP contribution in [0.5, 0.6) is 0 Å². The lowest BCUT2D eigenvalue weighted by molar-refractivity contribution is 0.560. The van der Waals surface area contributed by atoms with Gasteiger partial charge in [-0.05, 0) is 43.4 Å². The molecule has 0 spiro atoms. The van der Waals surface area contributed by atoms with E-state index >= 15 is 0 Å². The number of rotatable bonds is 2. The van der Waals surface area contributed by atoms with Crippen LogP contribution in [0.3, 0.4) is 0 Å². The molecule has 0 saturated heterocycles. The number of aromatic nitrogens is 2. The lowest BCUT2D eigenvalue weighted by atomic mass is 10.0. The highest BCUT2D eigenvalue weighted by atomic mass is 35.5. The average molecular weight is 283 g/mol. The van der Waals surface area contributed by atoms with Crippen LogP contribution in [0.15, 0.2) is 18.5 Å². The molecular weight excluding hydrogens is 270 g/mol. The third-order valence-electron chi connectivity index (χ3n) is 3.50. The molecule has 0 bridgehead atoms. The normalized spacial score (nSPS) is 14.5. The van der Waals surface area contributed by atoms with E-state index in [1.165, 1.54) is 23.0 Å². The molecule has 100 valence electrons. The molecule has 0 amide bonds. The number of nitrogens with zero attached hydrogens (tertiary/aromatic N) is 2. The Bertz CT molecular complexity index is 599. The fraction of sp³-hybridized carbons (Fsp3) is 0.357. The minimum absolute atomic E-state index is 0.0514. The number of hydrogen-bond donors (Lipinski definition) is 0. The van der Waals surface area contributed by atoms with Crippen molar-refractivity contribution < 1.29 is 8.78 Å². The maximum Gasteiger partial charge on any atom is 0.150 e. The molecule has 0 fully saturated rings. The molecule has 0 aliphatic heterocycles. The second-order valence-electron chi connectivity index (χ2n) is 4.76. The topological polar surface area (TPSA) is 17.8 Å². The second kappa shape index (κ2) is 4.93. The van der Waals surface area contributed by atoms with Gasteiger partial charge in [-0.1, -0.05) is 0 Å². The standard InChI is InChI=1S/C14H13ClF2N2/c15-7-9-5-10(16)14(11(17)6-9)19-8-18-12-3-1-2-4-13(12)19/h5-6,8H,1-4,7H2. The van der Waals surface area contributed by atoms with Crippen molar-refractivity contribution in [2.75, 3.05) is 0 Å². The van der Waals surface area contributed by atoms with Gasteiger partial charge in [0.15, 0.2) is 11.6 Å². The predicted octanol–water partition coefficient (Wildman–Crippen LogP) is 3.77. The number of imidazole rings is 1. The van der Waals surface area contributed by atoms with E-state index in [1.54, 1.807) is 0 Å². The molecule has 19 heavy (non-hydrogen) atoms. The zero-order valence-corrected chi connectivity index (χ0v) is 11.1. The summed E-state index contributed by atoms with van der Waals surface area (Å²) in [6, 6.07) is 2.56. The minimum atomic E-state index is -0.596. The number of halogens is 3. The quantitative estimate of drug-likeness (QED) is 0.767. The summed E-state index contributed by atoms with van der Waals surface area (Å²) >= 11 is 5.61. The second-order valence-corrected chi connectivity index (χ2v) is 5.02. The van der Waals surface area contributed by atoms with Crippen LogP contribution in [0.4, 0.5) is 8.78 Å². The Morgan fingerprint density at radius 2 is 1.84 bits per heavy atom. The number of benzene rings is 1. The summed E-state index contributed by atoms with van der Waals surface area (Å²) in [4.78, 5) is 4.26. The predicted molar refractivity (Wildman–Crippen MR) is 69.7 cm³/mol. The largest absolute Gasteiger partial charge is 0.298 e. The molecule has 0 unspecified atom stereocenters. The molecule has 3 rings (SSSR count). The van der Waals surface area contributed by atoms with Crippen molar-refractivity contribution in [3.05, 3.63) is 47.0 Å². The Morgan fingerprint density at radius 3 is 2.53 bits per heavy atom. The molecule has 1 heterocycles. The molecule has 1 aliphatic rings. The fourth-order valence-electron chi connectivity index (χ4n) is 2.59. The van der Waals surface area contributed by atoms with Gasteiger partial charge in [-0.2, -0.15) is 0 Å². The first kappa shape index (κ1) is 12.6. The van der Waals surface area contributed by atoms with Crippen molar-refractivity contribution >= 4 is 11.6 Å². The van der Waals surface area contributed by atoms with Crippen molar-refractivity contribution in [3.63, 3.8) is 0 Å². The van der Waals surface area contributed by atoms with Gasteiger partial charge in [0.2, 0.25) is 0 Å². The lowest BCUT2D eigenvalue weighted by Crippen LogP contribution is -2.09. The molecule has 0 saturated carbocycles. The van der Waals surface area contributed by atoms with Gasteiger partial charge in [0.25, 0.3) is 0 Å². The van der Waals surface area contributed by atoms with Gasteiger partial charge in [0.1, 0.15) is 5.69 Å². The first-order chi connectivity index (χ1) is 9.20. The van der Waals surface area contributed by atoms with Gasteiger partial charge in [-0.3, -0.25) is 4.57 Å². The van der Waals surface area contributed by atoms with E-state index in [-0.39, 0.29) is 11.6 Å². The zero-order chi connectivity index (χ0) is 13.4. The van der Waals surface area contributed by atoms with Crippen molar-refractivity contribution in [2.45, 2.75) is 31.6 Å². The summed E-state index contributed by atoms with van der Waals surface area (Å²) in [7, 11) is 0. The van der Waals surface area contributed by atoms with Crippen molar-refractivity contribution in [2.24, 2.45) is 0 Å². The van der Waals surface area contributed by atoms with Crippen LogP contribution in [0, 0.1) is 11.6 Å². The number of alkyl halides is 1. The summed E-state index contributed by atoms with van der Waals surface area (Å²) in [5.41, 5.74) is 2.26. The minimum Gasteiger partial charge on any atom is -0.298 e. The number of aryl methyl sites for hydroxylation is 1. The van der Waals surface area contributed by atoms with Crippen LogP contribution in [0.2, 0.25) is 0 Å². The Labute approximate surface area is 115 Å². The van der Waals surface area contributed by atoms with Gasteiger partial charge >= 0.3 is 0 Å². The van der Waals surface area contributed by atoms with Gasteiger partial charge < -0.3 is 0 Å². The first-order valence-electron chi connectivity index (χ1n) is 6.30. The number of fused-ring (bicyclic) bond motifs is 1. The molecule has 0 atom stereocenters. The van der Waals surface area contributed by atoms with E-state index in [0.29, 0.717) is 5.56 Å². The molecule has 1 aromatic carbocycles. The summed E-state index contributed by atoms with van der Waals surface area (Å²) in [6.07, 6.45) is 5.32. The first-order valence-corrected chi connectivity index (χ1v) is 6.83. The molecule has 1 aromatic heterocycles. The summed E-state index contributed by atoms with van der Waals surface area (Å²) in [6.45, 7) is 0. The smallest absolute Gasteiger partial charge is 0.150 e. The average Bonchev–Trinajstić information content (AvgIpc) is 2.82. The van der Waals surface area contributed by atoms with Crippen molar-refractivity contribution in [1.82, 2.24) is 9.55 Å². The molecule has 0 N–H and O–H groups in total. The zero-order valence-electron chi connectivity index (χ0n) is 10.3. The number of hydrogen-bond acceptors (Lipinski definition) is 1. The summed E-state index contributed by atoms with van der Waals surface area (Å²) in [5, 5.41) is 0. The van der Waals surface area contributed by atoms with Gasteiger partial charge in [0, 0.05) is 11.6 Å². The third-order valence-corrected chi connectivity index (χ3v) is 3.81. The third kappa shape index (κ3) is 2.14. The Kier molecular flexibility index (Phi) is 3.27. The Morgan fingerprint density at radius 1 is 1.16 bits per heavy atom. The molecule has 2 aromatic rings. The Hall–Kier alpha value is -1.42. The van der Waals surface area contributed by atoms with E-state index in [1.807, 2.05) is 0 Å². The van der Waals surface area contributed by atoms with Gasteiger partial charge in [-0.15, -0.1) is 11.6 Å². The Balaban J connectivity index is 2.14. The van der Waals surface area contributed by atoms with Crippen LogP contribution < -0.4 is 0 Å². The molecule has 1 aliphatic carbocycles. The summed E-state index contributed by atoms with van der Waals surface area (Å²) < 4.78 is 29.7. The van der Waals surface area contributed by atoms with Crippen LogP contribution in [0.1, 0.15) is 29.8 Å². The maximum absolute atomic E-state index is 14.1. The molecule has 0 radical (unpaired) electrons. The van der Waals surface area contributed by atoms with Crippen molar-refractivity contribution in [1.29, 1.82) is 0 Å². The molecule has 2 nitrogen and oxygen atoms in total. The van der Waals surface area contributed by atoms with Crippen LogP contribution in [0.25, 0.3) is 5.69 Å². The van der Waals surface area contributed by atoms with Crippen LogP contribution in [-0.4, -0.2) is 9.55 Å². The van der Waals surface area contributed by atoms with Crippen LogP contribution >= 0.6 is 11.6 Å². The fourth-order valence-corrected chi connectivity index (χ4v) is 2.74. The van der Waals surface area contributed by atoms with Gasteiger partial charge in [0.05, 0.1) is 12.0 Å². The van der Waals surface area contributed by atoms with E-state index in [4.69, 9.17) is 11.6 Å². The van der Waals surface area contributed by atoms with E-state index in [2.05, 4.69) is 4.98 Å². The molecular formula is C14H13ClF2N2. The van der Waals surface area contributed by atoms with Gasteiger partial charge in [-0.25, -0.2) is 13.8 Å².